The molecule has 0 amide bonds. The number of fused-ring (bicyclic) bond motifs is 1. The zero-order chi connectivity index (χ0) is 16.8. The molecule has 0 atom stereocenters. The summed E-state index contributed by atoms with van der Waals surface area (Å²) in [6.45, 7) is 0. The molecule has 4 aromatic rings. The summed E-state index contributed by atoms with van der Waals surface area (Å²) in [5, 5.41) is 55.2. The van der Waals surface area contributed by atoms with Crippen LogP contribution in [0.4, 0.5) is 11.6 Å². The number of rotatable bonds is 4. The second-order valence-electron chi connectivity index (χ2n) is 4.11. The Balaban J connectivity index is 2.16. The highest BCUT2D eigenvalue weighted by molar-refractivity contribution is 5.91. The van der Waals surface area contributed by atoms with Crippen molar-refractivity contribution in [2.75, 3.05) is 0 Å². The van der Waals surface area contributed by atoms with Gasteiger partial charge in [0, 0.05) is 0 Å². The molecule has 0 aliphatic carbocycles. The molecule has 24 heavy (non-hydrogen) atoms. The van der Waals surface area contributed by atoms with Gasteiger partial charge in [0.15, 0.2) is 0 Å². The van der Waals surface area contributed by atoms with Crippen LogP contribution in [0.5, 0.6) is 0 Å². The van der Waals surface area contributed by atoms with Crippen LogP contribution in [0.15, 0.2) is 0 Å². The van der Waals surface area contributed by atoms with E-state index in [1.54, 1.807) is 0 Å². The van der Waals surface area contributed by atoms with Crippen molar-refractivity contribution in [2.45, 2.75) is 0 Å². The first-order valence-corrected chi connectivity index (χ1v) is 5.86. The molecular weight excluding hydrogens is 332 g/mol. The van der Waals surface area contributed by atoms with Crippen molar-refractivity contribution in [3.63, 3.8) is 0 Å². The SMILES string of the molecule is O=[N+]([O-])c1nn(-c2nn[nH]n2)c2c([N+](=O)[O-])nn(-c3nn[nH]n3)c12. The Labute approximate surface area is 126 Å². The highest BCUT2D eigenvalue weighted by Gasteiger charge is 2.39. The van der Waals surface area contributed by atoms with Crippen LogP contribution >= 0.6 is 0 Å². The van der Waals surface area contributed by atoms with E-state index < -0.39 is 21.5 Å². The molecule has 18 nitrogen and oxygen atoms in total. The van der Waals surface area contributed by atoms with Crippen LogP contribution in [0.2, 0.25) is 0 Å². The van der Waals surface area contributed by atoms with E-state index in [0.29, 0.717) is 0 Å². The monoisotopic (exact) mass is 334 g/mol. The van der Waals surface area contributed by atoms with E-state index in [2.05, 4.69) is 51.4 Å². The molecule has 0 spiro atoms. The van der Waals surface area contributed by atoms with Crippen LogP contribution in [0.25, 0.3) is 22.9 Å². The molecule has 18 heteroatoms. The largest absolute Gasteiger partial charge is 0.419 e. The van der Waals surface area contributed by atoms with Gasteiger partial charge in [0.2, 0.25) is 11.0 Å². The van der Waals surface area contributed by atoms with E-state index in [9.17, 15) is 20.2 Å². The van der Waals surface area contributed by atoms with E-state index >= 15 is 0 Å². The lowest BCUT2D eigenvalue weighted by Crippen LogP contribution is -2.04. The molecule has 0 unspecified atom stereocenters. The number of nitro groups is 2. The first-order valence-electron chi connectivity index (χ1n) is 5.86. The normalized spacial score (nSPS) is 11.2. The van der Waals surface area contributed by atoms with Gasteiger partial charge in [-0.3, -0.25) is 0 Å². The van der Waals surface area contributed by atoms with Gasteiger partial charge in [0.1, 0.15) is 0 Å². The van der Waals surface area contributed by atoms with Gasteiger partial charge in [-0.15, -0.1) is 10.2 Å². The molecule has 4 aromatic heterocycles. The fourth-order valence-electron chi connectivity index (χ4n) is 2.01. The summed E-state index contributed by atoms with van der Waals surface area (Å²) in [6.07, 6.45) is 0. The van der Waals surface area contributed by atoms with Gasteiger partial charge < -0.3 is 20.2 Å². The molecule has 2 N–H and O–H groups in total. The Morgan fingerprint density at radius 2 is 1.21 bits per heavy atom. The van der Waals surface area contributed by atoms with E-state index in [4.69, 9.17) is 0 Å². The van der Waals surface area contributed by atoms with Gasteiger partial charge in [-0.1, -0.05) is 19.6 Å². The van der Waals surface area contributed by atoms with Gasteiger partial charge in [-0.25, -0.2) is 0 Å². The van der Waals surface area contributed by atoms with Crippen molar-refractivity contribution >= 4 is 22.7 Å². The lowest BCUT2D eigenvalue weighted by Gasteiger charge is -1.90. The number of nitrogens with zero attached hydrogens (tertiary/aromatic N) is 12. The van der Waals surface area contributed by atoms with Crippen LogP contribution in [0.1, 0.15) is 0 Å². The van der Waals surface area contributed by atoms with Crippen LogP contribution in [-0.4, -0.2) is 70.7 Å². The summed E-state index contributed by atoms with van der Waals surface area (Å²) in [5.74, 6) is -1.96. The van der Waals surface area contributed by atoms with Crippen molar-refractivity contribution < 1.29 is 9.85 Å². The van der Waals surface area contributed by atoms with Crippen molar-refractivity contribution in [1.82, 2.24) is 60.8 Å². The third-order valence-electron chi connectivity index (χ3n) is 2.85. The molecule has 0 aliphatic heterocycles. The number of H-pyrrole nitrogens is 2. The third kappa shape index (κ3) is 1.69. The van der Waals surface area contributed by atoms with Gasteiger partial charge in [-0.2, -0.15) is 10.4 Å². The number of hydrogen-bond donors (Lipinski definition) is 2. The lowest BCUT2D eigenvalue weighted by atomic mass is 10.4. The average molecular weight is 334 g/mol. The van der Waals surface area contributed by atoms with Crippen LogP contribution in [0, 0.1) is 20.2 Å². The Hall–Kier alpha value is -4.38. The molecule has 4 rings (SSSR count). The zero-order valence-electron chi connectivity index (χ0n) is 11.0. The molecule has 0 radical (unpaired) electrons. The summed E-state index contributed by atoms with van der Waals surface area (Å²) in [5.41, 5.74) is -0.643. The fourth-order valence-corrected chi connectivity index (χ4v) is 2.01. The van der Waals surface area contributed by atoms with Crippen LogP contribution < -0.4 is 0 Å². The number of aromatic amines is 2. The van der Waals surface area contributed by atoms with E-state index in [-0.39, 0.29) is 22.9 Å². The number of aromatic nitrogens is 12. The molecule has 0 bridgehead atoms. The van der Waals surface area contributed by atoms with Gasteiger partial charge >= 0.3 is 23.5 Å². The predicted molar refractivity (Wildman–Crippen MR) is 67.0 cm³/mol. The summed E-state index contributed by atoms with van der Waals surface area (Å²) in [7, 11) is 0. The molecule has 0 saturated carbocycles. The minimum atomic E-state index is -0.846. The van der Waals surface area contributed by atoms with Crippen LogP contribution in [-0.2, 0) is 0 Å². The minimum absolute atomic E-state index is 0.246. The molecule has 0 aromatic carbocycles. The highest BCUT2D eigenvalue weighted by atomic mass is 16.6. The Kier molecular flexibility index (Phi) is 2.52. The fraction of sp³-hybridized carbons (Fsp3) is 0. The van der Waals surface area contributed by atoms with Crippen molar-refractivity contribution in [2.24, 2.45) is 0 Å². The standard InChI is InChI=1S/C6H2N14O4/c21-19(22)3-1-2(18(11-3)6-9-15-16-10-6)4(20(23)24)12-17(1)5-7-13-14-8-5/h(H,7,8,13,14)(H,9,10,15,16). The van der Waals surface area contributed by atoms with Crippen molar-refractivity contribution in [3.05, 3.63) is 20.2 Å². The summed E-state index contributed by atoms with van der Waals surface area (Å²) in [6, 6.07) is 0. The van der Waals surface area contributed by atoms with E-state index in [1.165, 1.54) is 0 Å². The average Bonchev–Trinajstić information content (AvgIpc) is 3.29. The maximum atomic E-state index is 11.3. The Morgan fingerprint density at radius 1 is 0.792 bits per heavy atom. The van der Waals surface area contributed by atoms with Gasteiger partial charge in [0.25, 0.3) is 0 Å². The highest BCUT2D eigenvalue weighted by Crippen LogP contribution is 2.33. The maximum Gasteiger partial charge on any atom is 0.419 e. The smallest absolute Gasteiger partial charge is 0.358 e. The quantitative estimate of drug-likeness (QED) is 0.306. The summed E-state index contributed by atoms with van der Waals surface area (Å²) >= 11 is 0. The molecule has 0 saturated heterocycles. The molecule has 0 aliphatic rings. The second kappa shape index (κ2) is 4.56. The second-order valence-corrected chi connectivity index (χ2v) is 4.11. The van der Waals surface area contributed by atoms with Gasteiger partial charge in [0.05, 0.1) is 10.2 Å². The molecule has 0 fully saturated rings. The molecule has 120 valence electrons. The minimum Gasteiger partial charge on any atom is -0.358 e. The third-order valence-corrected chi connectivity index (χ3v) is 2.85. The Morgan fingerprint density at radius 3 is 1.50 bits per heavy atom. The topological polar surface area (TPSA) is 231 Å². The number of nitrogens with one attached hydrogen (secondary N) is 2. The predicted octanol–water partition coefficient (Wildman–Crippen LogP) is -1.95. The van der Waals surface area contributed by atoms with Crippen LogP contribution in [0.3, 0.4) is 0 Å². The summed E-state index contributed by atoms with van der Waals surface area (Å²) < 4.78 is 1.55. The van der Waals surface area contributed by atoms with E-state index in [0.717, 1.165) is 9.36 Å². The Bertz CT molecular complexity index is 969. The summed E-state index contributed by atoms with van der Waals surface area (Å²) in [4.78, 5) is 20.9. The lowest BCUT2D eigenvalue weighted by molar-refractivity contribution is -0.388. The van der Waals surface area contributed by atoms with Crippen molar-refractivity contribution in [3.8, 4) is 11.9 Å². The maximum absolute atomic E-state index is 11.3. The number of hydrogen-bond acceptors (Lipinski definition) is 12. The zero-order valence-corrected chi connectivity index (χ0v) is 11.0. The first kappa shape index (κ1) is 13.3. The van der Waals surface area contributed by atoms with E-state index in [1.807, 2.05) is 0 Å². The molecular formula is C6H2N14O4. The van der Waals surface area contributed by atoms with Gasteiger partial charge in [-0.05, 0) is 20.3 Å². The number of tetrazole rings is 2. The molecule has 4 heterocycles. The first-order chi connectivity index (χ1) is 11.6. The van der Waals surface area contributed by atoms with Crippen molar-refractivity contribution in [1.29, 1.82) is 0 Å².